The second-order valence-corrected chi connectivity index (χ2v) is 5.03. The molecule has 18 heavy (non-hydrogen) atoms. The Morgan fingerprint density at radius 2 is 2.33 bits per heavy atom. The molecule has 0 saturated carbocycles. The average molecular weight is 252 g/mol. The van der Waals surface area contributed by atoms with Crippen molar-refractivity contribution < 1.29 is 5.11 Å². The molecule has 102 valence electrons. The van der Waals surface area contributed by atoms with Crippen molar-refractivity contribution in [3.63, 3.8) is 0 Å². The monoisotopic (exact) mass is 252 g/mol. The first-order valence-electron chi connectivity index (χ1n) is 6.90. The summed E-state index contributed by atoms with van der Waals surface area (Å²) in [5.41, 5.74) is 6.92. The number of nitrogens with two attached hydrogens (primary N) is 1. The van der Waals surface area contributed by atoms with Crippen LogP contribution >= 0.6 is 0 Å². The maximum absolute atomic E-state index is 8.88. The maximum atomic E-state index is 8.88. The first-order valence-corrected chi connectivity index (χ1v) is 6.90. The van der Waals surface area contributed by atoms with Crippen molar-refractivity contribution in [2.24, 2.45) is 5.73 Å². The first-order chi connectivity index (χ1) is 8.83. The van der Waals surface area contributed by atoms with Crippen LogP contribution < -0.4 is 5.73 Å². The molecule has 1 aliphatic rings. The molecule has 0 amide bonds. The summed E-state index contributed by atoms with van der Waals surface area (Å²) in [4.78, 5) is 2.52. The van der Waals surface area contributed by atoms with Crippen LogP contribution in [0.15, 0.2) is 12.4 Å². The summed E-state index contributed by atoms with van der Waals surface area (Å²) < 4.78 is 1.80. The van der Waals surface area contributed by atoms with E-state index in [0.29, 0.717) is 12.6 Å². The van der Waals surface area contributed by atoms with Gasteiger partial charge in [-0.15, -0.1) is 0 Å². The number of aromatic nitrogens is 2. The lowest BCUT2D eigenvalue weighted by molar-refractivity contribution is 0.134. The van der Waals surface area contributed by atoms with Crippen LogP contribution in [0.25, 0.3) is 0 Å². The zero-order valence-electron chi connectivity index (χ0n) is 11.0. The molecule has 0 aromatic carbocycles. The molecule has 2 rings (SSSR count). The quantitative estimate of drug-likeness (QED) is 0.777. The third-order valence-corrected chi connectivity index (χ3v) is 3.65. The fraction of sp³-hybridized carbons (Fsp3) is 0.769. The maximum Gasteiger partial charge on any atom is 0.0640 e. The highest BCUT2D eigenvalue weighted by atomic mass is 16.3. The van der Waals surface area contributed by atoms with Crippen LogP contribution in [0, 0.1) is 0 Å². The number of aliphatic hydroxyl groups excluding tert-OH is 1. The molecule has 1 atom stereocenters. The molecule has 1 aromatic rings. The smallest absolute Gasteiger partial charge is 0.0640 e. The van der Waals surface area contributed by atoms with E-state index in [-0.39, 0.29) is 6.61 Å². The number of likely N-dealkylation sites (tertiary alicyclic amines) is 1. The minimum Gasteiger partial charge on any atom is -0.394 e. The van der Waals surface area contributed by atoms with E-state index in [1.165, 1.54) is 24.8 Å². The van der Waals surface area contributed by atoms with Gasteiger partial charge in [-0.05, 0) is 32.4 Å². The van der Waals surface area contributed by atoms with E-state index in [2.05, 4.69) is 10.00 Å². The molecule has 1 aliphatic heterocycles. The van der Waals surface area contributed by atoms with E-state index in [9.17, 15) is 0 Å². The lowest BCUT2D eigenvalue weighted by Crippen LogP contribution is -2.40. The van der Waals surface area contributed by atoms with Gasteiger partial charge in [-0.25, -0.2) is 0 Å². The largest absolute Gasteiger partial charge is 0.394 e. The van der Waals surface area contributed by atoms with Gasteiger partial charge < -0.3 is 10.8 Å². The second kappa shape index (κ2) is 6.87. The summed E-state index contributed by atoms with van der Waals surface area (Å²) in [6.45, 7) is 3.60. The van der Waals surface area contributed by atoms with E-state index in [0.717, 1.165) is 26.1 Å². The molecular formula is C13H24N4O. The number of piperidine rings is 1. The fourth-order valence-corrected chi connectivity index (χ4v) is 2.73. The van der Waals surface area contributed by atoms with Crippen LogP contribution in [0.1, 0.15) is 31.2 Å². The molecule has 0 aliphatic carbocycles. The number of rotatable bonds is 6. The van der Waals surface area contributed by atoms with Gasteiger partial charge in [-0.2, -0.15) is 5.10 Å². The van der Waals surface area contributed by atoms with Gasteiger partial charge in [0.1, 0.15) is 0 Å². The number of nitrogens with zero attached hydrogens (tertiary/aromatic N) is 3. The highest BCUT2D eigenvalue weighted by Gasteiger charge is 2.21. The second-order valence-electron chi connectivity index (χ2n) is 5.03. The van der Waals surface area contributed by atoms with Crippen LogP contribution in [0.4, 0.5) is 0 Å². The Bertz CT molecular complexity index is 351. The van der Waals surface area contributed by atoms with E-state index in [1.807, 2.05) is 12.4 Å². The number of hydrogen-bond donors (Lipinski definition) is 2. The predicted octanol–water partition coefficient (Wildman–Crippen LogP) is 0.579. The first kappa shape index (κ1) is 13.5. The molecule has 2 heterocycles. The van der Waals surface area contributed by atoms with E-state index >= 15 is 0 Å². The summed E-state index contributed by atoms with van der Waals surface area (Å²) >= 11 is 0. The lowest BCUT2D eigenvalue weighted by atomic mass is 9.99. The Labute approximate surface area is 109 Å². The Kier molecular flexibility index (Phi) is 5.16. The zero-order chi connectivity index (χ0) is 12.8. The molecule has 1 unspecified atom stereocenters. The topological polar surface area (TPSA) is 67.3 Å². The third-order valence-electron chi connectivity index (χ3n) is 3.65. The van der Waals surface area contributed by atoms with Gasteiger partial charge in [0.25, 0.3) is 0 Å². The number of aliphatic hydroxyl groups is 1. The Balaban J connectivity index is 1.92. The molecule has 5 heteroatoms. The molecular weight excluding hydrogens is 228 g/mol. The van der Waals surface area contributed by atoms with E-state index < -0.39 is 0 Å². The Morgan fingerprint density at radius 3 is 3.11 bits per heavy atom. The van der Waals surface area contributed by atoms with Crippen molar-refractivity contribution in [3.8, 4) is 0 Å². The standard InChI is InChI=1S/C13H24N4O/c14-5-4-13-3-1-2-6-16(13)10-12-9-15-17(11-12)7-8-18/h9,11,13,18H,1-8,10,14H2. The summed E-state index contributed by atoms with van der Waals surface area (Å²) in [6, 6.07) is 0.630. The molecule has 1 saturated heterocycles. The van der Waals surface area contributed by atoms with Crippen LogP contribution in [-0.2, 0) is 13.1 Å². The summed E-state index contributed by atoms with van der Waals surface area (Å²) in [5.74, 6) is 0. The molecule has 5 nitrogen and oxygen atoms in total. The average Bonchev–Trinajstić information content (AvgIpc) is 2.80. The highest BCUT2D eigenvalue weighted by molar-refractivity contribution is 5.04. The van der Waals surface area contributed by atoms with Crippen LogP contribution in [0.3, 0.4) is 0 Å². The molecule has 1 fully saturated rings. The minimum atomic E-state index is 0.140. The van der Waals surface area contributed by atoms with Gasteiger partial charge in [0.2, 0.25) is 0 Å². The summed E-state index contributed by atoms with van der Waals surface area (Å²) in [5, 5.41) is 13.1. The number of hydrogen-bond acceptors (Lipinski definition) is 4. The lowest BCUT2D eigenvalue weighted by Gasteiger charge is -2.35. The minimum absolute atomic E-state index is 0.140. The highest BCUT2D eigenvalue weighted by Crippen LogP contribution is 2.21. The van der Waals surface area contributed by atoms with Crippen LogP contribution in [-0.4, -0.2) is 45.5 Å². The van der Waals surface area contributed by atoms with Crippen molar-refractivity contribution in [3.05, 3.63) is 18.0 Å². The summed E-state index contributed by atoms with van der Waals surface area (Å²) in [6.07, 6.45) is 8.90. The summed E-state index contributed by atoms with van der Waals surface area (Å²) in [7, 11) is 0. The Hall–Kier alpha value is -0.910. The normalized spacial score (nSPS) is 21.3. The predicted molar refractivity (Wildman–Crippen MR) is 71.0 cm³/mol. The van der Waals surface area contributed by atoms with E-state index in [4.69, 9.17) is 10.8 Å². The molecule has 1 aromatic heterocycles. The van der Waals surface area contributed by atoms with Gasteiger partial charge in [-0.1, -0.05) is 6.42 Å². The van der Waals surface area contributed by atoms with Crippen molar-refractivity contribution in [2.75, 3.05) is 19.7 Å². The van der Waals surface area contributed by atoms with Gasteiger partial charge >= 0.3 is 0 Å². The molecule has 0 bridgehead atoms. The third kappa shape index (κ3) is 3.54. The van der Waals surface area contributed by atoms with E-state index in [1.54, 1.807) is 4.68 Å². The van der Waals surface area contributed by atoms with Crippen molar-refractivity contribution >= 4 is 0 Å². The SMILES string of the molecule is NCCC1CCCCN1Cc1cnn(CCO)c1. The zero-order valence-corrected chi connectivity index (χ0v) is 11.0. The van der Waals surface area contributed by atoms with Crippen molar-refractivity contribution in [2.45, 2.75) is 44.8 Å². The van der Waals surface area contributed by atoms with Crippen molar-refractivity contribution in [1.82, 2.24) is 14.7 Å². The fourth-order valence-electron chi connectivity index (χ4n) is 2.73. The van der Waals surface area contributed by atoms with Gasteiger partial charge in [0.15, 0.2) is 0 Å². The molecule has 0 radical (unpaired) electrons. The Morgan fingerprint density at radius 1 is 1.44 bits per heavy atom. The van der Waals surface area contributed by atoms with Crippen LogP contribution in [0.5, 0.6) is 0 Å². The van der Waals surface area contributed by atoms with Crippen LogP contribution in [0.2, 0.25) is 0 Å². The van der Waals surface area contributed by atoms with Gasteiger partial charge in [-0.3, -0.25) is 9.58 Å². The van der Waals surface area contributed by atoms with Gasteiger partial charge in [0, 0.05) is 24.3 Å². The van der Waals surface area contributed by atoms with Gasteiger partial charge in [0.05, 0.1) is 19.3 Å². The van der Waals surface area contributed by atoms with Crippen molar-refractivity contribution in [1.29, 1.82) is 0 Å². The molecule has 3 N–H and O–H groups in total. The molecule has 0 spiro atoms.